The van der Waals surface area contributed by atoms with E-state index in [9.17, 15) is 5.11 Å². The third-order valence-corrected chi connectivity index (χ3v) is 3.44. The second-order valence-electron chi connectivity index (χ2n) is 4.77. The minimum atomic E-state index is -0.416. The van der Waals surface area contributed by atoms with Crippen molar-refractivity contribution in [3.8, 4) is 0 Å². The first-order valence-electron chi connectivity index (χ1n) is 7.03. The molecule has 0 amide bonds. The van der Waals surface area contributed by atoms with Crippen molar-refractivity contribution in [1.82, 2.24) is 9.78 Å². The standard InChI is InChI=1S/C16H22N2O/c1-3-14-12-15(4-2)18(17-14)11-10-16(19)13-8-6-5-7-9-13/h5-9,12,16,19H,3-4,10-11H2,1-2H3. The molecule has 2 rings (SSSR count). The van der Waals surface area contributed by atoms with E-state index in [-0.39, 0.29) is 0 Å². The van der Waals surface area contributed by atoms with Gasteiger partial charge in [0.05, 0.1) is 11.8 Å². The summed E-state index contributed by atoms with van der Waals surface area (Å²) in [6.45, 7) is 5.02. The summed E-state index contributed by atoms with van der Waals surface area (Å²) in [5.41, 5.74) is 3.35. The maximum Gasteiger partial charge on any atom is 0.0807 e. The molecule has 0 fully saturated rings. The molecule has 0 radical (unpaired) electrons. The van der Waals surface area contributed by atoms with Gasteiger partial charge in [0, 0.05) is 12.2 Å². The van der Waals surface area contributed by atoms with E-state index in [1.54, 1.807) is 0 Å². The Morgan fingerprint density at radius 1 is 1.16 bits per heavy atom. The molecule has 1 N–H and O–H groups in total. The van der Waals surface area contributed by atoms with E-state index < -0.39 is 6.10 Å². The number of hydrogen-bond acceptors (Lipinski definition) is 2. The molecule has 2 aromatic rings. The molecule has 0 aliphatic heterocycles. The fraction of sp³-hybridized carbons (Fsp3) is 0.438. The molecule has 0 saturated heterocycles. The normalized spacial score (nSPS) is 12.6. The SMILES string of the molecule is CCc1cc(CC)n(CCC(O)c2ccccc2)n1. The Morgan fingerprint density at radius 3 is 2.53 bits per heavy atom. The van der Waals surface area contributed by atoms with Crippen molar-refractivity contribution in [2.24, 2.45) is 0 Å². The second kappa shape index (κ2) is 6.53. The van der Waals surface area contributed by atoms with Crippen LogP contribution >= 0.6 is 0 Å². The first-order valence-corrected chi connectivity index (χ1v) is 7.03. The molecule has 1 heterocycles. The van der Waals surface area contributed by atoms with Gasteiger partial charge in [-0.2, -0.15) is 5.10 Å². The smallest absolute Gasteiger partial charge is 0.0807 e. The molecule has 0 aliphatic rings. The van der Waals surface area contributed by atoms with E-state index in [0.29, 0.717) is 6.42 Å². The summed E-state index contributed by atoms with van der Waals surface area (Å²) in [6.07, 6.45) is 2.22. The zero-order valence-corrected chi connectivity index (χ0v) is 11.7. The number of nitrogens with zero attached hydrogens (tertiary/aromatic N) is 2. The van der Waals surface area contributed by atoms with Gasteiger partial charge in [-0.1, -0.05) is 44.2 Å². The Kier molecular flexibility index (Phi) is 4.74. The molecule has 1 aromatic heterocycles. The van der Waals surface area contributed by atoms with E-state index in [1.807, 2.05) is 35.0 Å². The summed E-state index contributed by atoms with van der Waals surface area (Å²) in [6, 6.07) is 12.0. The lowest BCUT2D eigenvalue weighted by Crippen LogP contribution is -2.09. The Bertz CT molecular complexity index is 505. The molecular formula is C16H22N2O. The minimum Gasteiger partial charge on any atom is -0.388 e. The van der Waals surface area contributed by atoms with Crippen LogP contribution in [0.3, 0.4) is 0 Å². The van der Waals surface area contributed by atoms with Crippen LogP contribution in [0.4, 0.5) is 0 Å². The van der Waals surface area contributed by atoms with E-state index >= 15 is 0 Å². The molecule has 19 heavy (non-hydrogen) atoms. The quantitative estimate of drug-likeness (QED) is 0.864. The van der Waals surface area contributed by atoms with E-state index in [4.69, 9.17) is 0 Å². The van der Waals surface area contributed by atoms with Gasteiger partial charge in [-0.3, -0.25) is 4.68 Å². The molecule has 0 bridgehead atoms. The third kappa shape index (κ3) is 3.44. The lowest BCUT2D eigenvalue weighted by Gasteiger charge is -2.12. The summed E-state index contributed by atoms with van der Waals surface area (Å²) >= 11 is 0. The van der Waals surface area contributed by atoms with Gasteiger partial charge in [0.2, 0.25) is 0 Å². The molecular weight excluding hydrogens is 236 g/mol. The fourth-order valence-corrected chi connectivity index (χ4v) is 2.25. The molecule has 0 aliphatic carbocycles. The number of aromatic nitrogens is 2. The molecule has 0 saturated carbocycles. The lowest BCUT2D eigenvalue weighted by molar-refractivity contribution is 0.159. The Hall–Kier alpha value is -1.61. The highest BCUT2D eigenvalue weighted by molar-refractivity contribution is 5.17. The van der Waals surface area contributed by atoms with Crippen molar-refractivity contribution in [1.29, 1.82) is 0 Å². The maximum atomic E-state index is 10.2. The third-order valence-electron chi connectivity index (χ3n) is 3.44. The van der Waals surface area contributed by atoms with Crippen molar-refractivity contribution in [3.63, 3.8) is 0 Å². The molecule has 0 spiro atoms. The fourth-order valence-electron chi connectivity index (χ4n) is 2.25. The average molecular weight is 258 g/mol. The largest absolute Gasteiger partial charge is 0.388 e. The number of benzene rings is 1. The van der Waals surface area contributed by atoms with Crippen LogP contribution in [0, 0.1) is 0 Å². The summed E-state index contributed by atoms with van der Waals surface area (Å²) < 4.78 is 2.03. The van der Waals surface area contributed by atoms with E-state index in [1.165, 1.54) is 5.69 Å². The van der Waals surface area contributed by atoms with Gasteiger partial charge in [-0.25, -0.2) is 0 Å². The highest BCUT2D eigenvalue weighted by Crippen LogP contribution is 2.17. The van der Waals surface area contributed by atoms with Crippen LogP contribution in [0.15, 0.2) is 36.4 Å². The number of aryl methyl sites for hydroxylation is 3. The highest BCUT2D eigenvalue weighted by atomic mass is 16.3. The highest BCUT2D eigenvalue weighted by Gasteiger charge is 2.10. The van der Waals surface area contributed by atoms with Crippen molar-refractivity contribution < 1.29 is 5.11 Å². The summed E-state index contributed by atoms with van der Waals surface area (Å²) in [5.74, 6) is 0. The Balaban J connectivity index is 2.00. The number of aliphatic hydroxyl groups excluding tert-OH is 1. The van der Waals surface area contributed by atoms with Gasteiger partial charge < -0.3 is 5.11 Å². The van der Waals surface area contributed by atoms with Crippen LogP contribution in [-0.4, -0.2) is 14.9 Å². The summed E-state index contributed by atoms with van der Waals surface area (Å²) in [5, 5.41) is 14.7. The first kappa shape index (κ1) is 13.8. The van der Waals surface area contributed by atoms with Gasteiger partial charge in [0.25, 0.3) is 0 Å². The van der Waals surface area contributed by atoms with Crippen LogP contribution < -0.4 is 0 Å². The Labute approximate surface area is 114 Å². The molecule has 1 aromatic carbocycles. The predicted molar refractivity (Wildman–Crippen MR) is 77.0 cm³/mol. The molecule has 102 valence electrons. The molecule has 3 nitrogen and oxygen atoms in total. The van der Waals surface area contributed by atoms with E-state index in [2.05, 4.69) is 25.0 Å². The maximum absolute atomic E-state index is 10.2. The topological polar surface area (TPSA) is 38.0 Å². The number of rotatable bonds is 6. The average Bonchev–Trinajstić information content (AvgIpc) is 2.88. The minimum absolute atomic E-state index is 0.416. The van der Waals surface area contributed by atoms with Crippen molar-refractivity contribution in [2.45, 2.75) is 45.8 Å². The van der Waals surface area contributed by atoms with Gasteiger partial charge in [0.15, 0.2) is 0 Å². The molecule has 1 unspecified atom stereocenters. The lowest BCUT2D eigenvalue weighted by atomic mass is 10.1. The molecule has 1 atom stereocenters. The van der Waals surface area contributed by atoms with Gasteiger partial charge in [0.1, 0.15) is 0 Å². The van der Waals surface area contributed by atoms with E-state index in [0.717, 1.165) is 30.6 Å². The zero-order valence-electron chi connectivity index (χ0n) is 11.7. The van der Waals surface area contributed by atoms with Crippen molar-refractivity contribution in [2.75, 3.05) is 0 Å². The van der Waals surface area contributed by atoms with Crippen molar-refractivity contribution in [3.05, 3.63) is 53.3 Å². The molecule has 3 heteroatoms. The van der Waals surface area contributed by atoms with Gasteiger partial charge >= 0.3 is 0 Å². The van der Waals surface area contributed by atoms with Crippen LogP contribution in [-0.2, 0) is 19.4 Å². The van der Waals surface area contributed by atoms with Crippen LogP contribution in [0.25, 0.3) is 0 Å². The number of hydrogen-bond donors (Lipinski definition) is 1. The van der Waals surface area contributed by atoms with Crippen LogP contribution in [0.2, 0.25) is 0 Å². The van der Waals surface area contributed by atoms with Gasteiger partial charge in [-0.15, -0.1) is 0 Å². The van der Waals surface area contributed by atoms with Crippen LogP contribution in [0.5, 0.6) is 0 Å². The first-order chi connectivity index (χ1) is 9.24. The number of aliphatic hydroxyl groups is 1. The summed E-state index contributed by atoms with van der Waals surface area (Å²) in [7, 11) is 0. The Morgan fingerprint density at radius 2 is 1.89 bits per heavy atom. The van der Waals surface area contributed by atoms with Gasteiger partial charge in [-0.05, 0) is 30.9 Å². The predicted octanol–water partition coefficient (Wildman–Crippen LogP) is 3.13. The monoisotopic (exact) mass is 258 g/mol. The van der Waals surface area contributed by atoms with Crippen LogP contribution in [0.1, 0.15) is 43.3 Å². The van der Waals surface area contributed by atoms with Crippen molar-refractivity contribution >= 4 is 0 Å². The second-order valence-corrected chi connectivity index (χ2v) is 4.77. The zero-order chi connectivity index (χ0) is 13.7. The summed E-state index contributed by atoms with van der Waals surface area (Å²) in [4.78, 5) is 0.